The summed E-state index contributed by atoms with van der Waals surface area (Å²) < 4.78 is 0. The van der Waals surface area contributed by atoms with Crippen LogP contribution in [0.4, 0.5) is 5.69 Å². The van der Waals surface area contributed by atoms with Gasteiger partial charge in [0, 0.05) is 29.7 Å². The maximum atomic E-state index is 12.2. The number of benzene rings is 1. The van der Waals surface area contributed by atoms with Crippen LogP contribution >= 0.6 is 11.6 Å². The average molecular weight is 309 g/mol. The molecular weight excluding hydrogens is 288 g/mol. The second kappa shape index (κ2) is 6.94. The molecule has 4 nitrogen and oxygen atoms in total. The predicted octanol–water partition coefficient (Wildman–Crippen LogP) is 3.00. The monoisotopic (exact) mass is 308 g/mol. The van der Waals surface area contributed by atoms with Gasteiger partial charge in [-0.2, -0.15) is 0 Å². The molecule has 1 aliphatic heterocycles. The van der Waals surface area contributed by atoms with E-state index >= 15 is 0 Å². The van der Waals surface area contributed by atoms with E-state index in [2.05, 4.69) is 5.32 Å². The predicted molar refractivity (Wildman–Crippen MR) is 84.4 cm³/mol. The molecule has 2 amide bonds. The highest BCUT2D eigenvalue weighted by Gasteiger charge is 2.35. The van der Waals surface area contributed by atoms with Gasteiger partial charge in [-0.05, 0) is 37.1 Å². The molecule has 0 radical (unpaired) electrons. The van der Waals surface area contributed by atoms with Crippen molar-refractivity contribution in [3.05, 3.63) is 29.3 Å². The van der Waals surface area contributed by atoms with E-state index in [1.165, 1.54) is 0 Å². The summed E-state index contributed by atoms with van der Waals surface area (Å²) in [4.78, 5) is 26.0. The molecule has 0 aliphatic carbocycles. The molecule has 1 aromatic carbocycles. The Morgan fingerprint density at radius 3 is 2.52 bits per heavy atom. The lowest BCUT2D eigenvalue weighted by atomic mass is 10.1. The smallest absolute Gasteiger partial charge is 0.227 e. The van der Waals surface area contributed by atoms with Gasteiger partial charge in [-0.25, -0.2) is 0 Å². The maximum absolute atomic E-state index is 12.2. The van der Waals surface area contributed by atoms with Crippen molar-refractivity contribution in [2.75, 3.05) is 11.4 Å². The fourth-order valence-electron chi connectivity index (χ4n) is 2.57. The van der Waals surface area contributed by atoms with Crippen LogP contribution in [0.25, 0.3) is 0 Å². The van der Waals surface area contributed by atoms with Crippen LogP contribution in [0, 0.1) is 5.92 Å². The minimum Gasteiger partial charge on any atom is -0.353 e. The van der Waals surface area contributed by atoms with E-state index in [4.69, 9.17) is 11.6 Å². The van der Waals surface area contributed by atoms with E-state index < -0.39 is 0 Å². The fraction of sp³-hybridized carbons (Fsp3) is 0.500. The molecule has 0 saturated carbocycles. The fourth-order valence-corrected chi connectivity index (χ4v) is 2.69. The van der Waals surface area contributed by atoms with Gasteiger partial charge in [-0.15, -0.1) is 0 Å². The number of hydrogen-bond donors (Lipinski definition) is 1. The molecule has 0 spiro atoms. The maximum Gasteiger partial charge on any atom is 0.227 e. The number of hydrogen-bond acceptors (Lipinski definition) is 2. The molecule has 2 rings (SSSR count). The van der Waals surface area contributed by atoms with Crippen molar-refractivity contribution in [1.29, 1.82) is 0 Å². The van der Waals surface area contributed by atoms with Crippen LogP contribution in [0.5, 0.6) is 0 Å². The van der Waals surface area contributed by atoms with E-state index in [1.54, 1.807) is 29.2 Å². The van der Waals surface area contributed by atoms with Crippen molar-refractivity contribution in [1.82, 2.24) is 5.32 Å². The van der Waals surface area contributed by atoms with E-state index in [0.29, 0.717) is 11.6 Å². The molecule has 21 heavy (non-hydrogen) atoms. The number of anilines is 1. The third-order valence-electron chi connectivity index (χ3n) is 3.97. The quantitative estimate of drug-likeness (QED) is 0.909. The largest absolute Gasteiger partial charge is 0.353 e. The van der Waals surface area contributed by atoms with E-state index in [0.717, 1.165) is 18.5 Å². The molecule has 1 aliphatic rings. The zero-order chi connectivity index (χ0) is 15.4. The summed E-state index contributed by atoms with van der Waals surface area (Å²) in [5.74, 6) is -0.302. The van der Waals surface area contributed by atoms with Gasteiger partial charge in [0.15, 0.2) is 0 Å². The van der Waals surface area contributed by atoms with Crippen molar-refractivity contribution in [2.45, 2.75) is 39.2 Å². The lowest BCUT2D eigenvalue weighted by Gasteiger charge is -2.19. The second-order valence-corrected chi connectivity index (χ2v) is 5.84. The van der Waals surface area contributed by atoms with Gasteiger partial charge in [0.05, 0.1) is 5.92 Å². The number of carbonyl (C=O) groups is 2. The number of amides is 2. The van der Waals surface area contributed by atoms with Crippen LogP contribution < -0.4 is 10.2 Å². The zero-order valence-electron chi connectivity index (χ0n) is 12.4. The van der Waals surface area contributed by atoms with Crippen molar-refractivity contribution >= 4 is 29.1 Å². The average Bonchev–Trinajstić information content (AvgIpc) is 2.87. The number of nitrogens with zero attached hydrogens (tertiary/aromatic N) is 1. The second-order valence-electron chi connectivity index (χ2n) is 5.40. The highest BCUT2D eigenvalue weighted by molar-refractivity contribution is 6.30. The van der Waals surface area contributed by atoms with Crippen LogP contribution in [0.15, 0.2) is 24.3 Å². The number of carbonyl (C=O) groups excluding carboxylic acids is 2. The first-order valence-electron chi connectivity index (χ1n) is 7.41. The Balaban J connectivity index is 2.02. The summed E-state index contributed by atoms with van der Waals surface area (Å²) in [6.45, 7) is 4.54. The third-order valence-corrected chi connectivity index (χ3v) is 4.22. The van der Waals surface area contributed by atoms with Crippen LogP contribution in [-0.2, 0) is 9.59 Å². The number of rotatable bonds is 5. The molecule has 1 atom stereocenters. The molecule has 0 unspecified atom stereocenters. The summed E-state index contributed by atoms with van der Waals surface area (Å²) in [6.07, 6.45) is 2.09. The zero-order valence-corrected chi connectivity index (χ0v) is 13.2. The third kappa shape index (κ3) is 3.76. The topological polar surface area (TPSA) is 49.4 Å². The van der Waals surface area contributed by atoms with Crippen LogP contribution in [0.3, 0.4) is 0 Å². The lowest BCUT2D eigenvalue weighted by molar-refractivity contribution is -0.127. The first kappa shape index (κ1) is 15.8. The Morgan fingerprint density at radius 2 is 1.95 bits per heavy atom. The Hall–Kier alpha value is -1.55. The van der Waals surface area contributed by atoms with E-state index in [1.807, 2.05) is 13.8 Å². The summed E-state index contributed by atoms with van der Waals surface area (Å²) >= 11 is 5.86. The molecule has 0 bridgehead atoms. The van der Waals surface area contributed by atoms with Crippen LogP contribution in [-0.4, -0.2) is 24.4 Å². The summed E-state index contributed by atoms with van der Waals surface area (Å²) in [5, 5.41) is 3.65. The summed E-state index contributed by atoms with van der Waals surface area (Å²) in [6, 6.07) is 7.31. The summed E-state index contributed by atoms with van der Waals surface area (Å²) in [7, 11) is 0. The molecule has 5 heteroatoms. The number of halogens is 1. The molecule has 1 saturated heterocycles. The van der Waals surface area contributed by atoms with Gasteiger partial charge < -0.3 is 10.2 Å². The molecule has 114 valence electrons. The van der Waals surface area contributed by atoms with Gasteiger partial charge in [0.25, 0.3) is 0 Å². The Morgan fingerprint density at radius 1 is 1.33 bits per heavy atom. The lowest BCUT2D eigenvalue weighted by Crippen LogP contribution is -2.39. The molecule has 0 aromatic heterocycles. The first-order chi connectivity index (χ1) is 10.0. The van der Waals surface area contributed by atoms with Gasteiger partial charge >= 0.3 is 0 Å². The Labute approximate surface area is 130 Å². The summed E-state index contributed by atoms with van der Waals surface area (Å²) in [5.41, 5.74) is 0.794. The van der Waals surface area contributed by atoms with E-state index in [-0.39, 0.29) is 30.2 Å². The Kier molecular flexibility index (Phi) is 5.23. The van der Waals surface area contributed by atoms with Crippen molar-refractivity contribution in [3.8, 4) is 0 Å². The molecule has 1 aromatic rings. The number of nitrogens with one attached hydrogen (secondary N) is 1. The molecule has 1 heterocycles. The van der Waals surface area contributed by atoms with Gasteiger partial charge in [-0.3, -0.25) is 9.59 Å². The molecule has 1 fully saturated rings. The van der Waals surface area contributed by atoms with Gasteiger partial charge in [-0.1, -0.05) is 25.4 Å². The van der Waals surface area contributed by atoms with E-state index in [9.17, 15) is 9.59 Å². The minimum atomic E-state index is -0.270. The minimum absolute atomic E-state index is 0.0120. The van der Waals surface area contributed by atoms with Crippen LogP contribution in [0.2, 0.25) is 5.02 Å². The van der Waals surface area contributed by atoms with Crippen molar-refractivity contribution in [2.24, 2.45) is 5.92 Å². The highest BCUT2D eigenvalue weighted by atomic mass is 35.5. The SMILES string of the molecule is CCC(CC)NC(=O)[C@@H]1CC(=O)N(c2ccc(Cl)cc2)C1. The van der Waals surface area contributed by atoms with Crippen molar-refractivity contribution in [3.63, 3.8) is 0 Å². The van der Waals surface area contributed by atoms with Crippen LogP contribution in [0.1, 0.15) is 33.1 Å². The molecular formula is C16H21ClN2O2. The standard InChI is InChI=1S/C16H21ClN2O2/c1-3-13(4-2)18-16(21)11-9-15(20)19(10-11)14-7-5-12(17)6-8-14/h5-8,11,13H,3-4,9-10H2,1-2H3,(H,18,21)/t11-/m1/s1. The normalized spacial score (nSPS) is 18.4. The molecule has 1 N–H and O–H groups in total. The Bertz CT molecular complexity index is 512. The highest BCUT2D eigenvalue weighted by Crippen LogP contribution is 2.26. The van der Waals surface area contributed by atoms with Gasteiger partial charge in [0.1, 0.15) is 0 Å². The van der Waals surface area contributed by atoms with Crippen molar-refractivity contribution < 1.29 is 9.59 Å². The van der Waals surface area contributed by atoms with Gasteiger partial charge in [0.2, 0.25) is 11.8 Å². The first-order valence-corrected chi connectivity index (χ1v) is 7.79.